The van der Waals surface area contributed by atoms with E-state index in [0.717, 1.165) is 0 Å². The van der Waals surface area contributed by atoms with Gasteiger partial charge < -0.3 is 14.8 Å². The Bertz CT molecular complexity index is 959. The van der Waals surface area contributed by atoms with Crippen molar-refractivity contribution in [1.82, 2.24) is 24.9 Å². The standard InChI is InChI=1S/C18H19N5O4/c1-26-14-10-13(11-15(12-14)27-2)18(25)19-7-9-23-17(24)5-4-16(21-23)22-8-3-6-20-22/h3-6,8,10-12H,7,9H2,1-2H3,(H,19,25). The van der Waals surface area contributed by atoms with Crippen LogP contribution >= 0.6 is 0 Å². The number of aromatic nitrogens is 4. The van der Waals surface area contributed by atoms with Gasteiger partial charge >= 0.3 is 0 Å². The van der Waals surface area contributed by atoms with Crippen LogP contribution in [0.15, 0.2) is 53.6 Å². The first-order valence-corrected chi connectivity index (χ1v) is 8.20. The smallest absolute Gasteiger partial charge is 0.266 e. The van der Waals surface area contributed by atoms with E-state index in [1.54, 1.807) is 47.4 Å². The Morgan fingerprint density at radius 3 is 2.52 bits per heavy atom. The summed E-state index contributed by atoms with van der Waals surface area (Å²) in [5.41, 5.74) is 0.139. The van der Waals surface area contributed by atoms with Crippen molar-refractivity contribution in [3.63, 3.8) is 0 Å². The number of hydrogen-bond acceptors (Lipinski definition) is 6. The van der Waals surface area contributed by atoms with Gasteiger partial charge in [0.05, 0.1) is 20.8 Å². The number of carbonyl (C=O) groups is 1. The third-order valence-electron chi connectivity index (χ3n) is 3.81. The van der Waals surface area contributed by atoms with Gasteiger partial charge in [-0.2, -0.15) is 5.10 Å². The lowest BCUT2D eigenvalue weighted by Crippen LogP contribution is -2.32. The molecule has 0 fully saturated rings. The molecule has 1 N–H and O–H groups in total. The van der Waals surface area contributed by atoms with Crippen LogP contribution in [0, 0.1) is 0 Å². The Balaban J connectivity index is 1.67. The van der Waals surface area contributed by atoms with Crippen LogP contribution in [-0.2, 0) is 6.54 Å². The summed E-state index contributed by atoms with van der Waals surface area (Å²) in [5, 5.41) is 11.1. The molecule has 2 aromatic heterocycles. The third-order valence-corrected chi connectivity index (χ3v) is 3.81. The maximum Gasteiger partial charge on any atom is 0.266 e. The number of hydrogen-bond donors (Lipinski definition) is 1. The average molecular weight is 369 g/mol. The molecule has 1 aromatic carbocycles. The number of carbonyl (C=O) groups excluding carboxylic acids is 1. The van der Waals surface area contributed by atoms with E-state index in [0.29, 0.717) is 22.9 Å². The van der Waals surface area contributed by atoms with E-state index >= 15 is 0 Å². The topological polar surface area (TPSA) is 100 Å². The van der Waals surface area contributed by atoms with Crippen LogP contribution < -0.4 is 20.3 Å². The van der Waals surface area contributed by atoms with Crippen molar-refractivity contribution < 1.29 is 14.3 Å². The first-order chi connectivity index (χ1) is 13.1. The highest BCUT2D eigenvalue weighted by atomic mass is 16.5. The molecule has 0 aliphatic heterocycles. The molecule has 2 heterocycles. The number of nitrogens with one attached hydrogen (secondary N) is 1. The van der Waals surface area contributed by atoms with Crippen LogP contribution in [0.3, 0.4) is 0 Å². The van der Waals surface area contributed by atoms with Crippen molar-refractivity contribution >= 4 is 5.91 Å². The van der Waals surface area contributed by atoms with Gasteiger partial charge in [-0.1, -0.05) is 0 Å². The molecule has 0 spiro atoms. The monoisotopic (exact) mass is 369 g/mol. The molecule has 0 radical (unpaired) electrons. The van der Waals surface area contributed by atoms with Crippen molar-refractivity contribution in [2.45, 2.75) is 6.54 Å². The van der Waals surface area contributed by atoms with Gasteiger partial charge in [-0.3, -0.25) is 9.59 Å². The summed E-state index contributed by atoms with van der Waals surface area (Å²) >= 11 is 0. The normalized spacial score (nSPS) is 10.4. The predicted molar refractivity (Wildman–Crippen MR) is 97.5 cm³/mol. The highest BCUT2D eigenvalue weighted by molar-refractivity contribution is 5.95. The van der Waals surface area contributed by atoms with Crippen LogP contribution in [0.4, 0.5) is 0 Å². The summed E-state index contributed by atoms with van der Waals surface area (Å²) in [6, 6.07) is 9.67. The second-order valence-electron chi connectivity index (χ2n) is 5.56. The van der Waals surface area contributed by atoms with Crippen LogP contribution in [0.5, 0.6) is 11.5 Å². The molecule has 0 atom stereocenters. The van der Waals surface area contributed by atoms with E-state index in [9.17, 15) is 9.59 Å². The second-order valence-corrected chi connectivity index (χ2v) is 5.56. The minimum Gasteiger partial charge on any atom is -0.497 e. The first-order valence-electron chi connectivity index (χ1n) is 8.20. The fraction of sp³-hybridized carbons (Fsp3) is 0.222. The van der Waals surface area contributed by atoms with Gasteiger partial charge in [0, 0.05) is 36.6 Å². The van der Waals surface area contributed by atoms with E-state index in [1.165, 1.54) is 25.0 Å². The third kappa shape index (κ3) is 4.32. The van der Waals surface area contributed by atoms with Crippen LogP contribution in [0.1, 0.15) is 10.4 Å². The molecule has 0 saturated heterocycles. The molecule has 0 aliphatic carbocycles. The van der Waals surface area contributed by atoms with E-state index < -0.39 is 0 Å². The highest BCUT2D eigenvalue weighted by Gasteiger charge is 2.10. The summed E-state index contributed by atoms with van der Waals surface area (Å²) in [6.45, 7) is 0.453. The summed E-state index contributed by atoms with van der Waals surface area (Å²) in [4.78, 5) is 24.3. The zero-order valence-electron chi connectivity index (χ0n) is 15.0. The molecule has 1 amide bonds. The lowest BCUT2D eigenvalue weighted by molar-refractivity contribution is 0.0951. The van der Waals surface area contributed by atoms with Crippen molar-refractivity contribution in [3.05, 3.63) is 64.7 Å². The quantitative estimate of drug-likeness (QED) is 0.663. The Morgan fingerprint density at radius 2 is 1.89 bits per heavy atom. The number of rotatable bonds is 7. The molecule has 0 unspecified atom stereocenters. The molecule has 0 bridgehead atoms. The molecular weight excluding hydrogens is 350 g/mol. The predicted octanol–water partition coefficient (Wildman–Crippen LogP) is 0.876. The Hall–Kier alpha value is -3.62. The maximum atomic E-state index is 12.4. The van der Waals surface area contributed by atoms with E-state index in [4.69, 9.17) is 9.47 Å². The number of nitrogens with zero attached hydrogens (tertiary/aromatic N) is 4. The van der Waals surface area contributed by atoms with Gasteiger partial charge in [0.1, 0.15) is 11.5 Å². The Labute approximate surface area is 155 Å². The molecule has 0 aliphatic rings. The van der Waals surface area contributed by atoms with E-state index in [2.05, 4.69) is 15.5 Å². The fourth-order valence-corrected chi connectivity index (χ4v) is 2.44. The minimum absolute atomic E-state index is 0.223. The summed E-state index contributed by atoms with van der Waals surface area (Å²) < 4.78 is 13.2. The molecule has 0 saturated carbocycles. The highest BCUT2D eigenvalue weighted by Crippen LogP contribution is 2.22. The number of amides is 1. The molecule has 27 heavy (non-hydrogen) atoms. The van der Waals surface area contributed by atoms with Crippen molar-refractivity contribution in [1.29, 1.82) is 0 Å². The Kier molecular flexibility index (Phi) is 5.50. The van der Waals surface area contributed by atoms with Crippen LogP contribution in [-0.4, -0.2) is 46.2 Å². The van der Waals surface area contributed by atoms with Crippen molar-refractivity contribution in [2.24, 2.45) is 0 Å². The van der Waals surface area contributed by atoms with Crippen LogP contribution in [0.25, 0.3) is 5.82 Å². The van der Waals surface area contributed by atoms with E-state index in [-0.39, 0.29) is 24.6 Å². The fourth-order valence-electron chi connectivity index (χ4n) is 2.44. The van der Waals surface area contributed by atoms with Gasteiger partial charge in [-0.25, -0.2) is 9.36 Å². The zero-order chi connectivity index (χ0) is 19.2. The number of ether oxygens (including phenoxy) is 2. The number of benzene rings is 1. The lowest BCUT2D eigenvalue weighted by atomic mass is 10.2. The first kappa shape index (κ1) is 18.2. The van der Waals surface area contributed by atoms with Gasteiger partial charge in [-0.15, -0.1) is 5.10 Å². The van der Waals surface area contributed by atoms with Crippen LogP contribution in [0.2, 0.25) is 0 Å². The van der Waals surface area contributed by atoms with Gasteiger partial charge in [-0.05, 0) is 24.3 Å². The molecule has 3 aromatic rings. The minimum atomic E-state index is -0.302. The number of methoxy groups -OCH3 is 2. The summed E-state index contributed by atoms with van der Waals surface area (Å²) in [6.07, 6.45) is 3.36. The second kappa shape index (κ2) is 8.17. The molecule has 9 heteroatoms. The van der Waals surface area contributed by atoms with Gasteiger partial charge in [0.15, 0.2) is 5.82 Å². The molecule has 140 valence electrons. The van der Waals surface area contributed by atoms with E-state index in [1.807, 2.05) is 0 Å². The lowest BCUT2D eigenvalue weighted by Gasteiger charge is -2.10. The average Bonchev–Trinajstić information content (AvgIpc) is 3.23. The maximum absolute atomic E-state index is 12.4. The summed E-state index contributed by atoms with van der Waals surface area (Å²) in [7, 11) is 3.03. The van der Waals surface area contributed by atoms with Gasteiger partial charge in [0.2, 0.25) is 0 Å². The van der Waals surface area contributed by atoms with Gasteiger partial charge in [0.25, 0.3) is 11.5 Å². The molecule has 9 nitrogen and oxygen atoms in total. The largest absolute Gasteiger partial charge is 0.497 e. The SMILES string of the molecule is COc1cc(OC)cc(C(=O)NCCn2nc(-n3cccn3)ccc2=O)c1. The Morgan fingerprint density at radius 1 is 1.15 bits per heavy atom. The zero-order valence-corrected chi connectivity index (χ0v) is 15.0. The van der Waals surface area contributed by atoms with Crippen molar-refractivity contribution in [2.75, 3.05) is 20.8 Å². The van der Waals surface area contributed by atoms with Crippen molar-refractivity contribution in [3.8, 4) is 17.3 Å². The molecule has 3 rings (SSSR count). The molecular formula is C18H19N5O4. The summed E-state index contributed by atoms with van der Waals surface area (Å²) in [5.74, 6) is 1.25.